The summed E-state index contributed by atoms with van der Waals surface area (Å²) in [5.74, 6) is -5.75. The van der Waals surface area contributed by atoms with Gasteiger partial charge in [0.2, 0.25) is 35.4 Å². The second-order valence-electron chi connectivity index (χ2n) is 32.4. The first-order valence-electron chi connectivity index (χ1n) is 41.1. The number of carbonyl (C=O) groups excluding carboxylic acids is 6. The Balaban J connectivity index is 1.11. The van der Waals surface area contributed by atoms with Crippen molar-refractivity contribution < 1.29 is 252 Å². The third kappa shape index (κ3) is 24.0. The lowest BCUT2D eigenvalue weighted by Crippen LogP contribution is -2.71. The Morgan fingerprint density at radius 1 is 0.202 bits per heavy atom. The SMILES string of the molecule is CC(=O)N[C@@H]1[C@@H](O)[C@H](O[C@@H]2O[C@H](CO)[C@@H](O[C@@H]3O[C@H](CO[C@H]4O[C@H](CO)[C@@H](O[C@@H]5O[C@H](CO)[C@@H](O[C@@H]6O[C@H](CO)[C@H](O)[C@H](O)[C@H]6O)[C@H](O)[C@H]5NC(C)=O)[C@H](O)[C@@H]4O[C@@H]4O[C@H](CO)[C@@H](O)[C@H](O)[C@H]4NC(C)=O)[C@@H](O[C@@H]4O[C@H](CO)[C@@H](O)[C@H](O)[C@H]4NC(C)=O)[C@H](O[C@H]4O[C@H](CO)[C@@H](O)[C@H](O)[C@@H]4O[C@@H]4O[C@H](CO)[C@@H](O)[C@H](O)[C@H]4NC(C)=O)[C@@H]3O)[C@H](O)[C@H]2NC(C)=O)[C@@H](CO)O[C@H]1O. The molecule has 0 aliphatic carbocycles. The predicted octanol–water partition coefficient (Wildman–Crippen LogP) is -21.9. The van der Waals surface area contributed by atoms with E-state index in [9.17, 15) is 162 Å². The van der Waals surface area contributed by atoms with Crippen LogP contribution in [0.25, 0.3) is 0 Å². The van der Waals surface area contributed by atoms with Crippen LogP contribution >= 0.6 is 0 Å². The number of amides is 6. The lowest BCUT2D eigenvalue weighted by atomic mass is 9.93. The van der Waals surface area contributed by atoms with Gasteiger partial charge in [0.25, 0.3) is 0 Å². The average Bonchev–Trinajstić information content (AvgIpc) is 0.753. The summed E-state index contributed by atoms with van der Waals surface area (Å²) < 4.78 is 117. The van der Waals surface area contributed by atoms with Gasteiger partial charge in [-0.1, -0.05) is 0 Å². The van der Waals surface area contributed by atoms with Crippen LogP contribution in [0.15, 0.2) is 0 Å². The van der Waals surface area contributed by atoms with Crippen molar-refractivity contribution >= 4 is 35.4 Å². The molecule has 0 aromatic carbocycles. The molecule has 6 amide bonds. The maximum absolute atomic E-state index is 13.4. The molecule has 10 rings (SSSR count). The van der Waals surface area contributed by atoms with Crippen molar-refractivity contribution in [2.45, 2.75) is 348 Å². The molecule has 57 nitrogen and oxygen atoms in total. The smallest absolute Gasteiger partial charge is 0.217 e. The topological polar surface area (TPSA) is 876 Å². The number of hydrogen-bond acceptors (Lipinski definition) is 51. The van der Waals surface area contributed by atoms with Gasteiger partial charge in [0.15, 0.2) is 62.9 Å². The number of aliphatic hydroxyl groups excluding tert-OH is 26. The van der Waals surface area contributed by atoms with Gasteiger partial charge in [-0.05, 0) is 0 Å². The Morgan fingerprint density at radius 3 is 0.791 bits per heavy atom. The van der Waals surface area contributed by atoms with Crippen molar-refractivity contribution in [1.29, 1.82) is 0 Å². The number of carbonyl (C=O) groups is 6. The maximum atomic E-state index is 13.4. The summed E-state index contributed by atoms with van der Waals surface area (Å²) in [6.45, 7) is -6.38. The van der Waals surface area contributed by atoms with E-state index in [1.165, 1.54) is 0 Å². The average molecular weight is 1890 g/mol. The number of ether oxygens (including phenoxy) is 19. The van der Waals surface area contributed by atoms with Crippen molar-refractivity contribution in [2.75, 3.05) is 66.1 Å². The van der Waals surface area contributed by atoms with Crippen LogP contribution < -0.4 is 31.9 Å². The van der Waals surface area contributed by atoms with E-state index in [2.05, 4.69) is 31.9 Å². The van der Waals surface area contributed by atoms with E-state index in [1.54, 1.807) is 0 Å². The fourth-order valence-electron chi connectivity index (χ4n) is 16.7. The predicted molar refractivity (Wildman–Crippen MR) is 399 cm³/mol. The van der Waals surface area contributed by atoms with Gasteiger partial charge in [0, 0.05) is 41.5 Å². The normalized spacial score (nSPS) is 47.5. The Morgan fingerprint density at radius 2 is 0.434 bits per heavy atom. The largest absolute Gasteiger partial charge is 0.394 e. The third-order valence-corrected chi connectivity index (χ3v) is 23.3. The van der Waals surface area contributed by atoms with Crippen LogP contribution in [0.1, 0.15) is 41.5 Å². The lowest BCUT2D eigenvalue weighted by Gasteiger charge is -2.52. The Kier molecular flexibility index (Phi) is 38.4. The molecule has 57 heteroatoms. The van der Waals surface area contributed by atoms with Gasteiger partial charge in [0.05, 0.1) is 66.1 Å². The molecule has 0 radical (unpaired) electrons. The van der Waals surface area contributed by atoms with E-state index in [4.69, 9.17) is 90.0 Å². The second-order valence-corrected chi connectivity index (χ2v) is 32.4. The zero-order valence-electron chi connectivity index (χ0n) is 69.8. The van der Waals surface area contributed by atoms with E-state index in [-0.39, 0.29) is 0 Å². The van der Waals surface area contributed by atoms with Crippen molar-refractivity contribution in [2.24, 2.45) is 0 Å². The standard InChI is InChI=1S/C72H120N6O51/c1-17(88)73-33-47(102)55(28(12-84)112-63(33)110)122-67-37(77-21(5)92)49(104)57(30(14-86)118-67)125-70-54(109)60(127-72-61(51(106)43(98)27(11-83)117-72)128-65-35(75-19(3)90)45(100)40(95)24(8-80)114-65)59(126-64-34(74-18(2)89)44(99)39(94)23(7-79)113-64)32(121-70)16-111-71-62(129-66-36(76-20(4)91)46(101)41(96)25(9-81)115-66)53(108)58(31(15-87)120-71)123-68-38(78-22(6)93)48(103)56(29(13-85)119-68)124-69-52(107)50(105)42(97)26(10-82)116-69/h23-72,79-87,94-110H,7-16H2,1-6H3,(H,73,88)(H,74,89)(H,75,90)(H,76,91)(H,77,92)(H,78,93)/t23-,24-,25-,26-,27-,28-,29-,30-,31-,32-,33-,34-,35-,36-,37-,38-,39-,40-,41-,42+,43-,44-,45-,46-,47-,48-,49-,50+,51+,52-,53+,54+,55-,56-,57-,58-,59-,60-,61+,62+,63-,64+,65+,66+,67+,68+,69+,70+,71+,72-/m1/s1. The Bertz CT molecular complexity index is 3570. The first-order valence-corrected chi connectivity index (χ1v) is 41.1. The van der Waals surface area contributed by atoms with Gasteiger partial charge in [-0.25, -0.2) is 0 Å². The van der Waals surface area contributed by atoms with Crippen LogP contribution in [0.5, 0.6) is 0 Å². The molecule has 10 aliphatic rings. The van der Waals surface area contributed by atoms with E-state index >= 15 is 0 Å². The minimum Gasteiger partial charge on any atom is -0.394 e. The lowest BCUT2D eigenvalue weighted by molar-refractivity contribution is -0.408. The highest BCUT2D eigenvalue weighted by Crippen LogP contribution is 2.42. The van der Waals surface area contributed by atoms with E-state index < -0.39 is 408 Å². The summed E-state index contributed by atoms with van der Waals surface area (Å²) in [6.07, 6.45) is -96.5. The fourth-order valence-corrected chi connectivity index (χ4v) is 16.7. The second kappa shape index (κ2) is 46.7. The molecule has 10 heterocycles. The van der Waals surface area contributed by atoms with Gasteiger partial charge in [-0.2, -0.15) is 0 Å². The summed E-state index contributed by atoms with van der Waals surface area (Å²) >= 11 is 0. The molecule has 10 fully saturated rings. The van der Waals surface area contributed by atoms with Gasteiger partial charge in [0.1, 0.15) is 244 Å². The Labute approximate surface area is 731 Å². The molecule has 50 atom stereocenters. The van der Waals surface area contributed by atoms with Gasteiger partial charge >= 0.3 is 0 Å². The zero-order valence-corrected chi connectivity index (χ0v) is 69.8. The molecule has 0 aromatic heterocycles. The minimum absolute atomic E-state index is 0.827. The van der Waals surface area contributed by atoms with Crippen LogP contribution in [0.2, 0.25) is 0 Å². The zero-order chi connectivity index (χ0) is 95.1. The van der Waals surface area contributed by atoms with Crippen LogP contribution in [-0.2, 0) is 119 Å². The molecule has 0 saturated carbocycles. The van der Waals surface area contributed by atoms with Crippen LogP contribution in [0.4, 0.5) is 0 Å². The first-order chi connectivity index (χ1) is 61.0. The van der Waals surface area contributed by atoms with E-state index in [0.29, 0.717) is 0 Å². The number of nitrogens with one attached hydrogen (secondary N) is 6. The summed E-state index contributed by atoms with van der Waals surface area (Å²) in [6, 6.07) is -11.7. The van der Waals surface area contributed by atoms with Gasteiger partial charge in [-0.3, -0.25) is 28.8 Å². The molecule has 32 N–H and O–H groups in total. The van der Waals surface area contributed by atoms with Gasteiger partial charge < -0.3 is 255 Å². The molecule has 744 valence electrons. The van der Waals surface area contributed by atoms with Crippen LogP contribution in [0.3, 0.4) is 0 Å². The summed E-state index contributed by atoms with van der Waals surface area (Å²) in [5, 5.41) is 309. The molecule has 129 heavy (non-hydrogen) atoms. The monoisotopic (exact) mass is 1880 g/mol. The fraction of sp³-hybridized carbons (Fsp3) is 0.917. The molecule has 0 aromatic rings. The van der Waals surface area contributed by atoms with Crippen molar-refractivity contribution in [3.8, 4) is 0 Å². The van der Waals surface area contributed by atoms with Crippen molar-refractivity contribution in [1.82, 2.24) is 31.9 Å². The summed E-state index contributed by atoms with van der Waals surface area (Å²) in [7, 11) is 0. The highest BCUT2D eigenvalue weighted by molar-refractivity contribution is 5.75. The molecule has 0 bridgehead atoms. The maximum Gasteiger partial charge on any atom is 0.217 e. The quantitative estimate of drug-likeness (QED) is 0.0284. The summed E-state index contributed by atoms with van der Waals surface area (Å²) in [5.41, 5.74) is 0. The molecule has 10 aliphatic heterocycles. The van der Waals surface area contributed by atoms with E-state index in [1.807, 2.05) is 0 Å². The molecular formula is C72H120N6O51. The Hall–Kier alpha value is -4.98. The first kappa shape index (κ1) is 106. The minimum atomic E-state index is -2.78. The molecular weight excluding hydrogens is 1760 g/mol. The number of aliphatic hydroxyl groups is 26. The summed E-state index contributed by atoms with van der Waals surface area (Å²) in [4.78, 5) is 77.8. The highest BCUT2D eigenvalue weighted by Gasteiger charge is 2.63. The molecule has 10 saturated heterocycles. The van der Waals surface area contributed by atoms with Gasteiger partial charge in [-0.15, -0.1) is 0 Å². The molecule has 0 unspecified atom stereocenters. The highest BCUT2D eigenvalue weighted by atomic mass is 16.8. The van der Waals surface area contributed by atoms with Crippen molar-refractivity contribution in [3.63, 3.8) is 0 Å². The van der Waals surface area contributed by atoms with Crippen LogP contribution in [-0.4, -0.2) is 541 Å². The van der Waals surface area contributed by atoms with E-state index in [0.717, 1.165) is 41.5 Å². The third-order valence-electron chi connectivity index (χ3n) is 23.3. The number of hydrogen-bond donors (Lipinski definition) is 32. The number of rotatable bonds is 34. The van der Waals surface area contributed by atoms with Crippen LogP contribution in [0, 0.1) is 0 Å². The van der Waals surface area contributed by atoms with Crippen molar-refractivity contribution in [3.05, 3.63) is 0 Å². The molecule has 0 spiro atoms.